The molecule has 0 radical (unpaired) electrons. The van der Waals surface area contributed by atoms with E-state index in [0.29, 0.717) is 6.61 Å². The van der Waals surface area contributed by atoms with Gasteiger partial charge in [0, 0.05) is 24.3 Å². The van der Waals surface area contributed by atoms with Crippen LogP contribution in [-0.2, 0) is 0 Å². The van der Waals surface area contributed by atoms with Crippen molar-refractivity contribution in [3.05, 3.63) is 23.8 Å². The lowest BCUT2D eigenvalue weighted by atomic mass is 10.1. The summed E-state index contributed by atoms with van der Waals surface area (Å²) in [5.74, 6) is 1.70. The molecule has 1 rings (SSSR count). The highest BCUT2D eigenvalue weighted by Gasteiger charge is 2.11. The molecule has 0 saturated heterocycles. The van der Waals surface area contributed by atoms with Crippen LogP contribution in [0.2, 0.25) is 0 Å². The fraction of sp³-hybridized carbons (Fsp3) is 0.625. The SMILES string of the molecule is CNC(C)c1ccc(OC)cc1OCCCCCCO. The maximum atomic E-state index is 8.73. The highest BCUT2D eigenvalue weighted by Crippen LogP contribution is 2.29. The number of aliphatic hydroxyl groups excluding tert-OH is 1. The first-order chi connectivity index (χ1) is 9.72. The molecule has 0 amide bonds. The number of ether oxygens (including phenoxy) is 2. The van der Waals surface area contributed by atoms with Gasteiger partial charge in [-0.3, -0.25) is 0 Å². The van der Waals surface area contributed by atoms with Crippen molar-refractivity contribution in [3.63, 3.8) is 0 Å². The molecule has 1 atom stereocenters. The van der Waals surface area contributed by atoms with Crippen LogP contribution in [0.25, 0.3) is 0 Å². The molecule has 1 aromatic rings. The van der Waals surface area contributed by atoms with Gasteiger partial charge in [-0.05, 0) is 39.3 Å². The summed E-state index contributed by atoms with van der Waals surface area (Å²) in [6, 6.07) is 6.18. The van der Waals surface area contributed by atoms with Crippen molar-refractivity contribution in [3.8, 4) is 11.5 Å². The average Bonchev–Trinajstić information content (AvgIpc) is 2.49. The number of hydrogen-bond acceptors (Lipinski definition) is 4. The normalized spacial score (nSPS) is 12.2. The minimum absolute atomic E-state index is 0.241. The second kappa shape index (κ2) is 9.61. The molecule has 1 unspecified atom stereocenters. The molecule has 0 spiro atoms. The Morgan fingerprint density at radius 2 is 1.95 bits per heavy atom. The van der Waals surface area contributed by atoms with Gasteiger partial charge in [0.15, 0.2) is 0 Å². The van der Waals surface area contributed by atoms with Crippen molar-refractivity contribution in [2.24, 2.45) is 0 Å². The van der Waals surface area contributed by atoms with Crippen molar-refractivity contribution < 1.29 is 14.6 Å². The summed E-state index contributed by atoms with van der Waals surface area (Å²) in [5.41, 5.74) is 1.14. The molecule has 0 heterocycles. The van der Waals surface area contributed by atoms with Crippen LogP contribution in [0.15, 0.2) is 18.2 Å². The van der Waals surface area contributed by atoms with E-state index in [9.17, 15) is 0 Å². The Morgan fingerprint density at radius 1 is 1.20 bits per heavy atom. The van der Waals surface area contributed by atoms with E-state index < -0.39 is 0 Å². The highest BCUT2D eigenvalue weighted by atomic mass is 16.5. The van der Waals surface area contributed by atoms with Crippen molar-refractivity contribution in [2.75, 3.05) is 27.4 Å². The predicted molar refractivity (Wildman–Crippen MR) is 81.5 cm³/mol. The van der Waals surface area contributed by atoms with Crippen LogP contribution in [-0.4, -0.2) is 32.5 Å². The summed E-state index contributed by atoms with van der Waals surface area (Å²) in [6.45, 7) is 3.08. The van der Waals surface area contributed by atoms with Gasteiger partial charge in [-0.1, -0.05) is 12.5 Å². The largest absolute Gasteiger partial charge is 0.497 e. The quantitative estimate of drug-likeness (QED) is 0.647. The second-order valence-corrected chi connectivity index (χ2v) is 4.90. The van der Waals surface area contributed by atoms with Crippen LogP contribution in [0.1, 0.15) is 44.2 Å². The Labute approximate surface area is 122 Å². The molecule has 0 aliphatic heterocycles. The maximum absolute atomic E-state index is 8.73. The van der Waals surface area contributed by atoms with Gasteiger partial charge in [-0.15, -0.1) is 0 Å². The summed E-state index contributed by atoms with van der Waals surface area (Å²) >= 11 is 0. The molecule has 0 aromatic heterocycles. The van der Waals surface area contributed by atoms with Gasteiger partial charge in [0.2, 0.25) is 0 Å². The minimum atomic E-state index is 0.241. The highest BCUT2D eigenvalue weighted by molar-refractivity contribution is 5.42. The Morgan fingerprint density at radius 3 is 2.60 bits per heavy atom. The molecule has 114 valence electrons. The smallest absolute Gasteiger partial charge is 0.127 e. The monoisotopic (exact) mass is 281 g/mol. The summed E-state index contributed by atoms with van der Waals surface area (Å²) in [7, 11) is 3.60. The average molecular weight is 281 g/mol. The number of methoxy groups -OCH3 is 1. The van der Waals surface area contributed by atoms with Crippen LogP contribution < -0.4 is 14.8 Å². The number of hydrogen-bond donors (Lipinski definition) is 2. The predicted octanol–water partition coefficient (Wildman–Crippen LogP) is 2.91. The minimum Gasteiger partial charge on any atom is -0.497 e. The Balaban J connectivity index is 2.56. The van der Waals surface area contributed by atoms with Crippen molar-refractivity contribution in [1.82, 2.24) is 5.32 Å². The van der Waals surface area contributed by atoms with Crippen LogP contribution in [0.5, 0.6) is 11.5 Å². The summed E-state index contributed by atoms with van der Waals surface area (Å²) in [4.78, 5) is 0. The molecule has 20 heavy (non-hydrogen) atoms. The van der Waals surface area contributed by atoms with Gasteiger partial charge < -0.3 is 19.9 Å². The molecule has 4 nitrogen and oxygen atoms in total. The van der Waals surface area contributed by atoms with E-state index in [-0.39, 0.29) is 12.6 Å². The van der Waals surface area contributed by atoms with E-state index in [1.807, 2.05) is 25.2 Å². The molecule has 0 aliphatic rings. The lowest BCUT2D eigenvalue weighted by molar-refractivity contribution is 0.272. The standard InChI is InChI=1S/C16H27NO3/c1-13(17-2)15-9-8-14(19-3)12-16(15)20-11-7-5-4-6-10-18/h8-9,12-13,17-18H,4-7,10-11H2,1-3H3. The van der Waals surface area contributed by atoms with Crippen LogP contribution >= 0.6 is 0 Å². The number of unbranched alkanes of at least 4 members (excludes halogenated alkanes) is 3. The fourth-order valence-electron chi connectivity index (χ4n) is 2.03. The summed E-state index contributed by atoms with van der Waals surface area (Å²) in [6.07, 6.45) is 4.02. The maximum Gasteiger partial charge on any atom is 0.127 e. The first-order valence-electron chi connectivity index (χ1n) is 7.31. The van der Waals surface area contributed by atoms with Crippen LogP contribution in [0.3, 0.4) is 0 Å². The van der Waals surface area contributed by atoms with E-state index in [2.05, 4.69) is 12.2 Å². The molecular formula is C16H27NO3. The van der Waals surface area contributed by atoms with E-state index in [4.69, 9.17) is 14.6 Å². The van der Waals surface area contributed by atoms with Gasteiger partial charge in [-0.25, -0.2) is 0 Å². The summed E-state index contributed by atoms with van der Waals surface area (Å²) < 4.78 is 11.2. The zero-order valence-electron chi connectivity index (χ0n) is 12.8. The Bertz CT molecular complexity index is 382. The van der Waals surface area contributed by atoms with Crippen LogP contribution in [0, 0.1) is 0 Å². The molecule has 0 bridgehead atoms. The molecule has 2 N–H and O–H groups in total. The molecule has 4 heteroatoms. The van der Waals surface area contributed by atoms with Crippen LogP contribution in [0.4, 0.5) is 0 Å². The zero-order valence-corrected chi connectivity index (χ0v) is 12.8. The number of nitrogens with one attached hydrogen (secondary N) is 1. The van der Waals surface area contributed by atoms with Gasteiger partial charge in [0.05, 0.1) is 13.7 Å². The number of benzene rings is 1. The third-order valence-electron chi connectivity index (χ3n) is 3.43. The molecular weight excluding hydrogens is 254 g/mol. The molecule has 0 aliphatic carbocycles. The van der Waals surface area contributed by atoms with Crippen molar-refractivity contribution >= 4 is 0 Å². The molecule has 1 aromatic carbocycles. The first kappa shape index (κ1) is 16.8. The summed E-state index contributed by atoms with van der Waals surface area (Å²) in [5, 5.41) is 12.0. The van der Waals surface area contributed by atoms with Crippen molar-refractivity contribution in [2.45, 2.75) is 38.6 Å². The lowest BCUT2D eigenvalue weighted by Gasteiger charge is -2.17. The van der Waals surface area contributed by atoms with Crippen molar-refractivity contribution in [1.29, 1.82) is 0 Å². The first-order valence-corrected chi connectivity index (χ1v) is 7.31. The zero-order chi connectivity index (χ0) is 14.8. The Hall–Kier alpha value is -1.26. The van der Waals surface area contributed by atoms with E-state index in [1.54, 1.807) is 7.11 Å². The van der Waals surface area contributed by atoms with E-state index >= 15 is 0 Å². The van der Waals surface area contributed by atoms with Gasteiger partial charge >= 0.3 is 0 Å². The van der Waals surface area contributed by atoms with Gasteiger partial charge in [0.25, 0.3) is 0 Å². The fourth-order valence-corrected chi connectivity index (χ4v) is 2.03. The lowest BCUT2D eigenvalue weighted by Crippen LogP contribution is -2.14. The second-order valence-electron chi connectivity index (χ2n) is 4.90. The topological polar surface area (TPSA) is 50.7 Å². The third kappa shape index (κ3) is 5.39. The molecule has 0 fully saturated rings. The van der Waals surface area contributed by atoms with Gasteiger partial charge in [-0.2, -0.15) is 0 Å². The molecule has 0 saturated carbocycles. The van der Waals surface area contributed by atoms with E-state index in [1.165, 1.54) is 0 Å². The third-order valence-corrected chi connectivity index (χ3v) is 3.43. The Kier molecular flexibility index (Phi) is 8.07. The van der Waals surface area contributed by atoms with E-state index in [0.717, 1.165) is 42.7 Å². The van der Waals surface area contributed by atoms with Gasteiger partial charge in [0.1, 0.15) is 11.5 Å². The number of rotatable bonds is 10. The number of aliphatic hydroxyl groups is 1.